The summed E-state index contributed by atoms with van der Waals surface area (Å²) in [6, 6.07) is 17.2. The third kappa shape index (κ3) is 6.45. The minimum absolute atomic E-state index is 0.00209. The van der Waals surface area contributed by atoms with Crippen molar-refractivity contribution in [2.24, 2.45) is 0 Å². The van der Waals surface area contributed by atoms with Gasteiger partial charge in [-0.25, -0.2) is 0 Å². The zero-order valence-electron chi connectivity index (χ0n) is 19.6. The monoisotopic (exact) mass is 465 g/mol. The maximum absolute atomic E-state index is 11.6. The van der Waals surface area contributed by atoms with Gasteiger partial charge in [-0.05, 0) is 55.5 Å². The highest BCUT2D eigenvalue weighted by molar-refractivity contribution is 5.87. The van der Waals surface area contributed by atoms with Crippen LogP contribution in [-0.2, 0) is 11.2 Å². The summed E-state index contributed by atoms with van der Waals surface area (Å²) in [6.07, 6.45) is 3.58. The van der Waals surface area contributed by atoms with E-state index < -0.39 is 6.10 Å². The van der Waals surface area contributed by atoms with Crippen LogP contribution in [0.15, 0.2) is 59.4 Å². The summed E-state index contributed by atoms with van der Waals surface area (Å²) >= 11 is 0. The normalized spacial score (nSPS) is 17.4. The lowest BCUT2D eigenvalue weighted by atomic mass is 10.0. The van der Waals surface area contributed by atoms with Gasteiger partial charge in [-0.1, -0.05) is 36.4 Å². The van der Waals surface area contributed by atoms with Gasteiger partial charge in [0.2, 0.25) is 5.56 Å². The topological polar surface area (TPSA) is 97.8 Å². The van der Waals surface area contributed by atoms with Crippen LogP contribution in [0.2, 0.25) is 0 Å². The number of H-pyrrole nitrogens is 1. The van der Waals surface area contributed by atoms with Crippen molar-refractivity contribution in [1.29, 1.82) is 0 Å². The van der Waals surface area contributed by atoms with Crippen molar-refractivity contribution in [1.82, 2.24) is 15.2 Å². The van der Waals surface area contributed by atoms with E-state index in [0.717, 1.165) is 52.1 Å². The van der Waals surface area contributed by atoms with Gasteiger partial charge >= 0.3 is 0 Å². The van der Waals surface area contributed by atoms with Crippen LogP contribution < -0.4 is 10.9 Å². The fourth-order valence-electron chi connectivity index (χ4n) is 4.77. The van der Waals surface area contributed by atoms with Crippen molar-refractivity contribution in [3.05, 3.63) is 76.1 Å². The molecule has 1 aromatic heterocycles. The molecule has 0 radical (unpaired) electrons. The Balaban J connectivity index is 1.18. The van der Waals surface area contributed by atoms with E-state index in [9.17, 15) is 15.0 Å². The Hall–Kier alpha value is -2.71. The van der Waals surface area contributed by atoms with Crippen molar-refractivity contribution < 1.29 is 14.9 Å². The molecule has 1 aliphatic rings. The molecule has 34 heavy (non-hydrogen) atoms. The Bertz CT molecular complexity index is 1100. The molecule has 2 atom stereocenters. The van der Waals surface area contributed by atoms with Crippen molar-refractivity contribution in [3.63, 3.8) is 0 Å². The molecule has 2 heterocycles. The summed E-state index contributed by atoms with van der Waals surface area (Å²) in [5.41, 5.74) is 2.07. The van der Waals surface area contributed by atoms with E-state index in [1.165, 1.54) is 24.1 Å². The number of phenolic OH excluding ortho intramolecular Hbond substituents is 1. The van der Waals surface area contributed by atoms with Gasteiger partial charge in [0.15, 0.2) is 0 Å². The van der Waals surface area contributed by atoms with Gasteiger partial charge in [-0.15, -0.1) is 0 Å². The summed E-state index contributed by atoms with van der Waals surface area (Å²) < 4.78 is 5.83. The Labute approximate surface area is 200 Å². The van der Waals surface area contributed by atoms with Crippen molar-refractivity contribution >= 4 is 10.9 Å². The largest absolute Gasteiger partial charge is 0.506 e. The SMILES string of the molecule is O=c1ccc2c(C(O)CNC[C@@H]3CCCN3CCCOCCc3ccccc3)ccc(O)c2[nH]1. The second-order valence-corrected chi connectivity index (χ2v) is 8.99. The summed E-state index contributed by atoms with van der Waals surface area (Å²) in [6.45, 7) is 4.89. The molecule has 7 nitrogen and oxygen atoms in total. The fourth-order valence-corrected chi connectivity index (χ4v) is 4.77. The Kier molecular flexibility index (Phi) is 8.71. The third-order valence-electron chi connectivity index (χ3n) is 6.59. The van der Waals surface area contributed by atoms with E-state index in [1.807, 2.05) is 6.07 Å². The second kappa shape index (κ2) is 12.1. The van der Waals surface area contributed by atoms with Crippen LogP contribution >= 0.6 is 0 Å². The van der Waals surface area contributed by atoms with Crippen LogP contribution in [0.1, 0.15) is 36.5 Å². The Morgan fingerprint density at radius 1 is 1.12 bits per heavy atom. The second-order valence-electron chi connectivity index (χ2n) is 8.99. The van der Waals surface area contributed by atoms with Crippen LogP contribution in [0.25, 0.3) is 10.9 Å². The molecular weight excluding hydrogens is 430 g/mol. The number of aliphatic hydroxyl groups excluding tert-OH is 1. The zero-order chi connectivity index (χ0) is 23.8. The summed E-state index contributed by atoms with van der Waals surface area (Å²) in [5.74, 6) is 0.00209. The number of benzene rings is 2. The first-order valence-electron chi connectivity index (χ1n) is 12.2. The maximum atomic E-state index is 11.6. The van der Waals surface area contributed by atoms with Crippen molar-refractivity contribution in [2.75, 3.05) is 39.4 Å². The number of nitrogens with one attached hydrogen (secondary N) is 2. The van der Waals surface area contributed by atoms with Gasteiger partial charge < -0.3 is 25.3 Å². The number of ether oxygens (including phenoxy) is 1. The maximum Gasteiger partial charge on any atom is 0.248 e. The summed E-state index contributed by atoms with van der Waals surface area (Å²) in [7, 11) is 0. The first-order valence-corrected chi connectivity index (χ1v) is 12.2. The van der Waals surface area contributed by atoms with E-state index in [1.54, 1.807) is 12.1 Å². The lowest BCUT2D eigenvalue weighted by molar-refractivity contribution is 0.120. The van der Waals surface area contributed by atoms with Crippen LogP contribution in [-0.4, -0.2) is 65.5 Å². The molecule has 1 aliphatic heterocycles. The molecule has 2 aromatic carbocycles. The summed E-state index contributed by atoms with van der Waals surface area (Å²) in [5, 5.41) is 24.9. The fraction of sp³-hybridized carbons (Fsp3) is 0.444. The minimum atomic E-state index is -0.734. The lowest BCUT2D eigenvalue weighted by Crippen LogP contribution is -2.39. The predicted molar refractivity (Wildman–Crippen MR) is 134 cm³/mol. The highest BCUT2D eigenvalue weighted by atomic mass is 16.5. The van der Waals surface area contributed by atoms with Gasteiger partial charge in [-0.3, -0.25) is 9.69 Å². The van der Waals surface area contributed by atoms with E-state index in [2.05, 4.69) is 39.5 Å². The number of aromatic nitrogens is 1. The smallest absolute Gasteiger partial charge is 0.248 e. The molecule has 182 valence electrons. The number of hydrogen-bond acceptors (Lipinski definition) is 6. The average molecular weight is 466 g/mol. The minimum Gasteiger partial charge on any atom is -0.506 e. The highest BCUT2D eigenvalue weighted by Gasteiger charge is 2.24. The standard InChI is InChI=1S/C27H35N3O4/c31-24-11-9-22(23-10-12-26(33)29-27(23)24)25(32)19-28-18-21-8-4-14-30(21)15-5-16-34-17-13-20-6-2-1-3-7-20/h1-3,6-7,9-12,21,25,28,31-32H,4-5,8,13-19H2,(H,29,33)/t21-,25?/m0/s1. The molecule has 0 aliphatic carbocycles. The number of aliphatic hydroxyl groups is 1. The van der Waals surface area contributed by atoms with E-state index in [-0.39, 0.29) is 11.3 Å². The molecule has 0 spiro atoms. The number of aromatic hydroxyl groups is 1. The average Bonchev–Trinajstić information content (AvgIpc) is 3.29. The number of phenols is 1. The van der Waals surface area contributed by atoms with Crippen LogP contribution in [0.3, 0.4) is 0 Å². The number of hydrogen-bond donors (Lipinski definition) is 4. The molecule has 0 bridgehead atoms. The number of aromatic amines is 1. The molecule has 0 saturated carbocycles. The zero-order valence-corrected chi connectivity index (χ0v) is 19.6. The molecule has 0 amide bonds. The molecule has 1 fully saturated rings. The number of nitrogens with zero attached hydrogens (tertiary/aromatic N) is 1. The third-order valence-corrected chi connectivity index (χ3v) is 6.59. The highest BCUT2D eigenvalue weighted by Crippen LogP contribution is 2.28. The molecule has 1 saturated heterocycles. The molecule has 3 aromatic rings. The first kappa shape index (κ1) is 24.4. The first-order chi connectivity index (χ1) is 16.6. The molecular formula is C27H35N3O4. The van der Waals surface area contributed by atoms with Gasteiger partial charge in [0, 0.05) is 43.7 Å². The van der Waals surface area contributed by atoms with E-state index in [0.29, 0.717) is 29.1 Å². The quantitative estimate of drug-likeness (QED) is 0.307. The molecule has 4 N–H and O–H groups in total. The van der Waals surface area contributed by atoms with Gasteiger partial charge in [0.25, 0.3) is 0 Å². The lowest BCUT2D eigenvalue weighted by Gasteiger charge is -2.25. The van der Waals surface area contributed by atoms with Gasteiger partial charge in [-0.2, -0.15) is 0 Å². The van der Waals surface area contributed by atoms with Crippen LogP contribution in [0.4, 0.5) is 0 Å². The van der Waals surface area contributed by atoms with Crippen molar-refractivity contribution in [2.45, 2.75) is 37.8 Å². The van der Waals surface area contributed by atoms with Crippen LogP contribution in [0.5, 0.6) is 5.75 Å². The number of likely N-dealkylation sites (tertiary alicyclic amines) is 1. The number of rotatable bonds is 12. The molecule has 4 rings (SSSR count). The van der Waals surface area contributed by atoms with Gasteiger partial charge in [0.05, 0.1) is 18.2 Å². The van der Waals surface area contributed by atoms with Crippen LogP contribution in [0, 0.1) is 0 Å². The number of pyridine rings is 1. The van der Waals surface area contributed by atoms with Crippen molar-refractivity contribution in [3.8, 4) is 5.75 Å². The van der Waals surface area contributed by atoms with E-state index >= 15 is 0 Å². The predicted octanol–water partition coefficient (Wildman–Crippen LogP) is 2.97. The Morgan fingerprint density at radius 3 is 2.82 bits per heavy atom. The number of fused-ring (bicyclic) bond motifs is 1. The molecule has 1 unspecified atom stereocenters. The summed E-state index contributed by atoms with van der Waals surface area (Å²) in [4.78, 5) is 16.8. The van der Waals surface area contributed by atoms with Gasteiger partial charge in [0.1, 0.15) is 5.75 Å². The van der Waals surface area contributed by atoms with E-state index in [4.69, 9.17) is 4.74 Å². The molecule has 7 heteroatoms. The Morgan fingerprint density at radius 2 is 1.97 bits per heavy atom.